The summed E-state index contributed by atoms with van der Waals surface area (Å²) < 4.78 is 4.94. The highest BCUT2D eigenvalue weighted by Crippen LogP contribution is 2.05. The number of carbonyl (C=O) groups is 1. The Morgan fingerprint density at radius 3 is 2.56 bits per heavy atom. The molecule has 88 valence electrons. The second-order valence-corrected chi connectivity index (χ2v) is 3.53. The van der Waals surface area contributed by atoms with Gasteiger partial charge in [0, 0.05) is 23.4 Å². The van der Waals surface area contributed by atoms with Gasteiger partial charge in [-0.1, -0.05) is 36.3 Å². The minimum Gasteiger partial charge on any atom is -0.481 e. The molecule has 0 radical (unpaired) electrons. The fraction of sp³-hybridized carbons (Fsp3) is 0.0667. The predicted molar refractivity (Wildman–Crippen MR) is 68.4 cm³/mol. The van der Waals surface area contributed by atoms with Crippen LogP contribution in [0, 0.1) is 11.8 Å². The third-order valence-corrected chi connectivity index (χ3v) is 2.30. The average Bonchev–Trinajstić information content (AvgIpc) is 2.46. The predicted octanol–water partition coefficient (Wildman–Crippen LogP) is 2.32. The van der Waals surface area contributed by atoms with Gasteiger partial charge in [-0.2, -0.15) is 0 Å². The Morgan fingerprint density at radius 2 is 1.94 bits per heavy atom. The van der Waals surface area contributed by atoms with Crippen molar-refractivity contribution in [2.45, 2.75) is 0 Å². The summed E-state index contributed by atoms with van der Waals surface area (Å²) in [5.74, 6) is 5.68. The van der Waals surface area contributed by atoms with Crippen LogP contribution in [0.15, 0.2) is 48.7 Å². The third-order valence-electron chi connectivity index (χ3n) is 2.30. The largest absolute Gasteiger partial charge is 0.481 e. The first-order valence-corrected chi connectivity index (χ1v) is 5.41. The highest BCUT2D eigenvalue weighted by Gasteiger charge is 1.99. The lowest BCUT2D eigenvalue weighted by molar-refractivity contribution is 0.105. The molecule has 0 N–H and O–H groups in total. The highest BCUT2D eigenvalue weighted by molar-refractivity contribution is 6.09. The Bertz CT molecular complexity index is 592. The van der Waals surface area contributed by atoms with Crippen LogP contribution in [0.25, 0.3) is 0 Å². The second-order valence-electron chi connectivity index (χ2n) is 3.53. The molecule has 0 aliphatic rings. The van der Waals surface area contributed by atoms with Crippen molar-refractivity contribution in [3.63, 3.8) is 0 Å². The first kappa shape index (κ1) is 11.9. The number of methoxy groups -OCH3 is 1. The number of ketones is 1. The number of aromatic nitrogens is 1. The molecule has 2 aromatic rings. The van der Waals surface area contributed by atoms with Crippen molar-refractivity contribution in [1.82, 2.24) is 4.98 Å². The number of carbonyl (C=O) groups excluding carboxylic acids is 1. The number of rotatable bonds is 2. The Kier molecular flexibility index (Phi) is 3.72. The highest BCUT2D eigenvalue weighted by atomic mass is 16.5. The van der Waals surface area contributed by atoms with Gasteiger partial charge in [-0.05, 0) is 12.0 Å². The maximum Gasteiger partial charge on any atom is 0.236 e. The van der Waals surface area contributed by atoms with Gasteiger partial charge < -0.3 is 4.74 Å². The molecule has 0 unspecified atom stereocenters. The molecule has 18 heavy (non-hydrogen) atoms. The molecule has 0 atom stereocenters. The quantitative estimate of drug-likeness (QED) is 0.594. The van der Waals surface area contributed by atoms with E-state index in [2.05, 4.69) is 16.8 Å². The zero-order chi connectivity index (χ0) is 12.8. The molecule has 3 heteroatoms. The first-order valence-electron chi connectivity index (χ1n) is 5.41. The minimum atomic E-state index is -0.202. The van der Waals surface area contributed by atoms with E-state index >= 15 is 0 Å². The third kappa shape index (κ3) is 2.96. The summed E-state index contributed by atoms with van der Waals surface area (Å²) in [6.45, 7) is 0. The van der Waals surface area contributed by atoms with E-state index in [1.165, 1.54) is 0 Å². The van der Waals surface area contributed by atoms with Gasteiger partial charge in [-0.15, -0.1) is 0 Å². The van der Waals surface area contributed by atoms with Crippen LogP contribution in [0.1, 0.15) is 15.9 Å². The molecule has 0 saturated carbocycles. The topological polar surface area (TPSA) is 39.2 Å². The first-order chi connectivity index (χ1) is 8.79. The fourth-order valence-corrected chi connectivity index (χ4v) is 1.37. The SMILES string of the molecule is COc1ccc(C#CC(=O)c2ccccc2)cn1. The molecule has 0 aliphatic heterocycles. The molecule has 0 saturated heterocycles. The lowest BCUT2D eigenvalue weighted by Gasteiger charge is -1.96. The molecule has 0 aliphatic carbocycles. The van der Waals surface area contributed by atoms with E-state index in [1.54, 1.807) is 37.6 Å². The van der Waals surface area contributed by atoms with Gasteiger partial charge in [0.25, 0.3) is 0 Å². The van der Waals surface area contributed by atoms with E-state index in [-0.39, 0.29) is 5.78 Å². The van der Waals surface area contributed by atoms with Gasteiger partial charge in [0.05, 0.1) is 7.11 Å². The summed E-state index contributed by atoms with van der Waals surface area (Å²) in [7, 11) is 1.55. The minimum absolute atomic E-state index is 0.202. The van der Waals surface area contributed by atoms with Crippen LogP contribution in [0.2, 0.25) is 0 Å². The van der Waals surface area contributed by atoms with Crippen molar-refractivity contribution in [2.75, 3.05) is 7.11 Å². The zero-order valence-corrected chi connectivity index (χ0v) is 9.88. The number of pyridine rings is 1. The Hall–Kier alpha value is -2.60. The number of ether oxygens (including phenoxy) is 1. The van der Waals surface area contributed by atoms with Crippen LogP contribution in [0.5, 0.6) is 5.88 Å². The number of Topliss-reactive ketones (excluding diaryl/α,β-unsaturated/α-hetero) is 1. The lowest BCUT2D eigenvalue weighted by Crippen LogP contribution is -1.94. The normalized spacial score (nSPS) is 9.17. The van der Waals surface area contributed by atoms with E-state index < -0.39 is 0 Å². The standard InChI is InChI=1S/C15H11NO2/c1-18-15-10-8-12(11-16-15)7-9-14(17)13-5-3-2-4-6-13/h2-6,8,10-11H,1H3. The summed E-state index contributed by atoms with van der Waals surface area (Å²) in [5, 5.41) is 0. The fourth-order valence-electron chi connectivity index (χ4n) is 1.37. The van der Waals surface area contributed by atoms with Gasteiger partial charge in [0.2, 0.25) is 11.7 Å². The Labute approximate surface area is 105 Å². The Balaban J connectivity index is 2.14. The van der Waals surface area contributed by atoms with Crippen LogP contribution < -0.4 is 4.74 Å². The molecule has 0 bridgehead atoms. The van der Waals surface area contributed by atoms with E-state index in [1.807, 2.05) is 18.2 Å². The lowest BCUT2D eigenvalue weighted by atomic mass is 10.1. The zero-order valence-electron chi connectivity index (χ0n) is 9.88. The molecule has 1 heterocycles. The van der Waals surface area contributed by atoms with Gasteiger partial charge in [-0.3, -0.25) is 4.79 Å². The van der Waals surface area contributed by atoms with Crippen molar-refractivity contribution < 1.29 is 9.53 Å². The molecule has 0 amide bonds. The van der Waals surface area contributed by atoms with Crippen LogP contribution in [-0.4, -0.2) is 17.9 Å². The smallest absolute Gasteiger partial charge is 0.236 e. The molecular weight excluding hydrogens is 226 g/mol. The maximum absolute atomic E-state index is 11.7. The number of benzene rings is 1. The number of hydrogen-bond acceptors (Lipinski definition) is 3. The van der Waals surface area contributed by atoms with E-state index in [4.69, 9.17) is 4.74 Å². The maximum atomic E-state index is 11.7. The van der Waals surface area contributed by atoms with Crippen molar-refractivity contribution in [1.29, 1.82) is 0 Å². The monoisotopic (exact) mass is 237 g/mol. The summed E-state index contributed by atoms with van der Waals surface area (Å²) in [4.78, 5) is 15.7. The average molecular weight is 237 g/mol. The molecule has 3 nitrogen and oxygen atoms in total. The Morgan fingerprint density at radius 1 is 1.17 bits per heavy atom. The number of nitrogens with zero attached hydrogens (tertiary/aromatic N) is 1. The van der Waals surface area contributed by atoms with Crippen LogP contribution in [0.4, 0.5) is 0 Å². The van der Waals surface area contributed by atoms with Crippen LogP contribution >= 0.6 is 0 Å². The van der Waals surface area contributed by atoms with Crippen LogP contribution in [0.3, 0.4) is 0 Å². The van der Waals surface area contributed by atoms with E-state index in [0.717, 1.165) is 0 Å². The molecule has 2 rings (SSSR count). The molecule has 1 aromatic heterocycles. The van der Waals surface area contributed by atoms with Gasteiger partial charge in [0.1, 0.15) is 0 Å². The second kappa shape index (κ2) is 5.65. The molecular formula is C15H11NO2. The van der Waals surface area contributed by atoms with Crippen molar-refractivity contribution in [3.8, 4) is 17.7 Å². The van der Waals surface area contributed by atoms with Crippen molar-refractivity contribution in [3.05, 3.63) is 59.8 Å². The van der Waals surface area contributed by atoms with Gasteiger partial charge in [0.15, 0.2) is 0 Å². The summed E-state index contributed by atoms with van der Waals surface area (Å²) in [6.07, 6.45) is 1.57. The van der Waals surface area contributed by atoms with Gasteiger partial charge in [-0.25, -0.2) is 4.98 Å². The summed E-state index contributed by atoms with van der Waals surface area (Å²) in [5.41, 5.74) is 1.27. The summed E-state index contributed by atoms with van der Waals surface area (Å²) >= 11 is 0. The molecule has 1 aromatic carbocycles. The van der Waals surface area contributed by atoms with E-state index in [0.29, 0.717) is 17.0 Å². The molecule has 0 fully saturated rings. The van der Waals surface area contributed by atoms with E-state index in [9.17, 15) is 4.79 Å². The van der Waals surface area contributed by atoms with Crippen LogP contribution in [-0.2, 0) is 0 Å². The van der Waals surface area contributed by atoms with Crippen molar-refractivity contribution >= 4 is 5.78 Å². The number of hydrogen-bond donors (Lipinski definition) is 0. The van der Waals surface area contributed by atoms with Crippen molar-refractivity contribution in [2.24, 2.45) is 0 Å². The van der Waals surface area contributed by atoms with Gasteiger partial charge >= 0.3 is 0 Å². The summed E-state index contributed by atoms with van der Waals surface area (Å²) in [6, 6.07) is 12.4. The molecule has 0 spiro atoms.